The molecule has 0 aliphatic carbocycles. The van der Waals surface area contributed by atoms with E-state index in [1.165, 1.54) is 11.3 Å². The molecule has 3 amide bonds. The molecule has 1 aliphatic heterocycles. The molecule has 25 heavy (non-hydrogen) atoms. The molecule has 2 N–H and O–H groups in total. The van der Waals surface area contributed by atoms with Crippen LogP contribution in [0.4, 0.5) is 5.69 Å². The Kier molecular flexibility index (Phi) is 5.19. The van der Waals surface area contributed by atoms with Crippen LogP contribution in [0.5, 0.6) is 0 Å². The Morgan fingerprint density at radius 2 is 1.88 bits per heavy atom. The Morgan fingerprint density at radius 1 is 1.16 bits per heavy atom. The molecule has 3 rings (SSSR count). The van der Waals surface area contributed by atoms with E-state index in [2.05, 4.69) is 26.8 Å². The van der Waals surface area contributed by atoms with Gasteiger partial charge in [-0.15, -0.1) is 11.3 Å². The molecule has 0 saturated carbocycles. The summed E-state index contributed by atoms with van der Waals surface area (Å²) in [5, 5.41) is 0. The third-order valence-corrected chi connectivity index (χ3v) is 5.56. The number of benzene rings is 1. The van der Waals surface area contributed by atoms with Gasteiger partial charge in [0.25, 0.3) is 5.91 Å². The summed E-state index contributed by atoms with van der Waals surface area (Å²) < 4.78 is 0.833. The number of aryl methyl sites for hydroxylation is 1. The number of hydrogen-bond donors (Lipinski definition) is 2. The molecule has 0 unspecified atom stereocenters. The number of amides is 3. The maximum Gasteiger partial charge on any atom is 0.279 e. The van der Waals surface area contributed by atoms with E-state index in [0.29, 0.717) is 11.4 Å². The maximum absolute atomic E-state index is 12.3. The van der Waals surface area contributed by atoms with Gasteiger partial charge in [0.05, 0.1) is 14.6 Å². The summed E-state index contributed by atoms with van der Waals surface area (Å²) in [6.45, 7) is 2.27. The highest BCUT2D eigenvalue weighted by Gasteiger charge is 2.35. The van der Waals surface area contributed by atoms with Crippen LogP contribution in [-0.2, 0) is 9.59 Å². The lowest BCUT2D eigenvalue weighted by atomic mass is 10.1. The van der Waals surface area contributed by atoms with E-state index in [1.54, 1.807) is 17.0 Å². The highest BCUT2D eigenvalue weighted by molar-refractivity contribution is 9.11. The molecular weight excluding hydrogens is 406 g/mol. The average molecular weight is 422 g/mol. The van der Waals surface area contributed by atoms with Gasteiger partial charge in [-0.05, 0) is 47.1 Å². The summed E-state index contributed by atoms with van der Waals surface area (Å²) in [7, 11) is 0. The zero-order chi connectivity index (χ0) is 18.0. The van der Waals surface area contributed by atoms with Crippen LogP contribution in [0, 0.1) is 12.8 Å². The molecule has 1 aromatic carbocycles. The van der Waals surface area contributed by atoms with E-state index >= 15 is 0 Å². The number of carbonyl (C=O) groups excluding carboxylic acids is 3. The fourth-order valence-electron chi connectivity index (χ4n) is 2.58. The van der Waals surface area contributed by atoms with Gasteiger partial charge in [-0.3, -0.25) is 25.2 Å². The number of thiophene rings is 1. The molecule has 1 saturated heterocycles. The summed E-state index contributed by atoms with van der Waals surface area (Å²) in [5.41, 5.74) is 6.68. The lowest BCUT2D eigenvalue weighted by Gasteiger charge is -2.17. The van der Waals surface area contributed by atoms with E-state index in [1.807, 2.05) is 31.2 Å². The molecule has 2 heterocycles. The quantitative estimate of drug-likeness (QED) is 0.747. The van der Waals surface area contributed by atoms with Gasteiger partial charge in [-0.1, -0.05) is 17.7 Å². The van der Waals surface area contributed by atoms with Crippen molar-refractivity contribution < 1.29 is 14.4 Å². The van der Waals surface area contributed by atoms with Crippen molar-refractivity contribution in [2.45, 2.75) is 13.3 Å². The van der Waals surface area contributed by atoms with Crippen LogP contribution in [0.25, 0.3) is 0 Å². The van der Waals surface area contributed by atoms with Gasteiger partial charge in [-0.25, -0.2) is 0 Å². The Hall–Kier alpha value is -2.19. The second kappa shape index (κ2) is 7.37. The number of halogens is 1. The lowest BCUT2D eigenvalue weighted by Crippen LogP contribution is -2.44. The fourth-order valence-corrected chi connectivity index (χ4v) is 3.86. The largest absolute Gasteiger partial charge is 0.312 e. The van der Waals surface area contributed by atoms with Crippen LogP contribution >= 0.6 is 27.3 Å². The van der Waals surface area contributed by atoms with Gasteiger partial charge in [-0.2, -0.15) is 0 Å². The van der Waals surface area contributed by atoms with Gasteiger partial charge in [0.2, 0.25) is 11.8 Å². The lowest BCUT2D eigenvalue weighted by molar-refractivity contribution is -0.126. The second-order valence-electron chi connectivity index (χ2n) is 5.79. The highest BCUT2D eigenvalue weighted by Crippen LogP contribution is 2.25. The molecule has 2 aromatic rings. The summed E-state index contributed by atoms with van der Waals surface area (Å²) in [6.07, 6.45) is 0.125. The predicted molar refractivity (Wildman–Crippen MR) is 99.3 cm³/mol. The monoisotopic (exact) mass is 421 g/mol. The number of nitrogens with one attached hydrogen (secondary N) is 2. The van der Waals surface area contributed by atoms with Crippen molar-refractivity contribution >= 4 is 50.7 Å². The number of anilines is 1. The maximum atomic E-state index is 12.3. The molecule has 0 bridgehead atoms. The molecule has 1 atom stereocenters. The molecule has 0 spiro atoms. The zero-order valence-electron chi connectivity index (χ0n) is 13.4. The predicted octanol–water partition coefficient (Wildman–Crippen LogP) is 2.63. The number of hydrogen-bond acceptors (Lipinski definition) is 4. The normalized spacial score (nSPS) is 16.8. The van der Waals surface area contributed by atoms with Crippen LogP contribution in [0.3, 0.4) is 0 Å². The molecule has 1 fully saturated rings. The third kappa shape index (κ3) is 4.08. The van der Waals surface area contributed by atoms with Crippen molar-refractivity contribution in [1.29, 1.82) is 0 Å². The number of nitrogens with zero attached hydrogens (tertiary/aromatic N) is 1. The average Bonchev–Trinajstić information content (AvgIpc) is 3.19. The summed E-state index contributed by atoms with van der Waals surface area (Å²) in [4.78, 5) is 38.5. The van der Waals surface area contributed by atoms with Crippen molar-refractivity contribution in [1.82, 2.24) is 10.9 Å². The van der Waals surface area contributed by atoms with E-state index in [9.17, 15) is 14.4 Å². The Bertz CT molecular complexity index is 819. The van der Waals surface area contributed by atoms with Gasteiger partial charge in [0, 0.05) is 18.7 Å². The van der Waals surface area contributed by atoms with Crippen LogP contribution in [0.15, 0.2) is 40.2 Å². The van der Waals surface area contributed by atoms with Crippen LogP contribution < -0.4 is 15.8 Å². The second-order valence-corrected chi connectivity index (χ2v) is 8.25. The first-order valence-corrected chi connectivity index (χ1v) is 9.27. The molecule has 6 nitrogen and oxygen atoms in total. The summed E-state index contributed by atoms with van der Waals surface area (Å²) in [6, 6.07) is 11.0. The van der Waals surface area contributed by atoms with Gasteiger partial charge < -0.3 is 4.90 Å². The van der Waals surface area contributed by atoms with Crippen molar-refractivity contribution in [3.63, 3.8) is 0 Å². The van der Waals surface area contributed by atoms with Crippen molar-refractivity contribution in [2.75, 3.05) is 11.4 Å². The molecule has 0 radical (unpaired) electrons. The third-order valence-electron chi connectivity index (χ3n) is 3.94. The Labute approximate surface area is 157 Å². The number of rotatable bonds is 3. The first-order chi connectivity index (χ1) is 11.9. The van der Waals surface area contributed by atoms with E-state index < -0.39 is 5.92 Å². The van der Waals surface area contributed by atoms with Crippen molar-refractivity contribution in [2.24, 2.45) is 5.92 Å². The smallest absolute Gasteiger partial charge is 0.279 e. The molecule has 130 valence electrons. The first-order valence-electron chi connectivity index (χ1n) is 7.66. The SMILES string of the molecule is Cc1ccc(N2C[C@H](C(=O)NNC(=O)c3ccc(Br)s3)CC2=O)cc1. The minimum atomic E-state index is -0.496. The van der Waals surface area contributed by atoms with Gasteiger partial charge in [0.15, 0.2) is 0 Å². The van der Waals surface area contributed by atoms with Gasteiger partial charge in [0.1, 0.15) is 0 Å². The van der Waals surface area contributed by atoms with Gasteiger partial charge >= 0.3 is 0 Å². The molecule has 1 aliphatic rings. The summed E-state index contributed by atoms with van der Waals surface area (Å²) >= 11 is 4.55. The minimum absolute atomic E-state index is 0.0995. The van der Waals surface area contributed by atoms with Crippen LogP contribution in [0.1, 0.15) is 21.7 Å². The van der Waals surface area contributed by atoms with Crippen molar-refractivity contribution in [3.8, 4) is 0 Å². The molecular formula is C17H16BrN3O3S. The van der Waals surface area contributed by atoms with E-state index in [0.717, 1.165) is 15.0 Å². The summed E-state index contributed by atoms with van der Waals surface area (Å²) in [5.74, 6) is -1.35. The van der Waals surface area contributed by atoms with Crippen LogP contribution in [0.2, 0.25) is 0 Å². The zero-order valence-corrected chi connectivity index (χ0v) is 15.8. The first kappa shape index (κ1) is 17.6. The van der Waals surface area contributed by atoms with E-state index in [4.69, 9.17) is 0 Å². The highest BCUT2D eigenvalue weighted by atomic mass is 79.9. The number of carbonyl (C=O) groups is 3. The fraction of sp³-hybridized carbons (Fsp3) is 0.235. The van der Waals surface area contributed by atoms with E-state index in [-0.39, 0.29) is 24.1 Å². The molecule has 8 heteroatoms. The Balaban J connectivity index is 1.57. The van der Waals surface area contributed by atoms with Crippen LogP contribution in [-0.4, -0.2) is 24.3 Å². The number of hydrazine groups is 1. The topological polar surface area (TPSA) is 78.5 Å². The Morgan fingerprint density at radius 3 is 2.52 bits per heavy atom. The van der Waals surface area contributed by atoms with Crippen molar-refractivity contribution in [3.05, 3.63) is 50.6 Å². The standard InChI is InChI=1S/C17H16BrN3O3S/c1-10-2-4-12(5-3-10)21-9-11(8-15(21)22)16(23)19-20-17(24)13-6-7-14(18)25-13/h2-7,11H,8-9H2,1H3,(H,19,23)(H,20,24)/t11-/m1/s1. The molecule has 1 aromatic heterocycles. The minimum Gasteiger partial charge on any atom is -0.312 e.